The fourth-order valence-electron chi connectivity index (χ4n) is 3.63. The van der Waals surface area contributed by atoms with Crippen molar-refractivity contribution in [3.05, 3.63) is 70.7 Å². The lowest BCUT2D eigenvalue weighted by molar-refractivity contribution is -0.115. The van der Waals surface area contributed by atoms with Crippen molar-refractivity contribution in [2.75, 3.05) is 27.2 Å². The summed E-state index contributed by atoms with van der Waals surface area (Å²) in [5.74, 6) is 0.546. The van der Waals surface area contributed by atoms with Crippen LogP contribution in [0.4, 0.5) is 0 Å². The summed E-state index contributed by atoms with van der Waals surface area (Å²) in [5.41, 5.74) is 4.87. The molecule has 0 saturated carbocycles. The molecule has 134 valence electrons. The minimum absolute atomic E-state index is 0.0159. The summed E-state index contributed by atoms with van der Waals surface area (Å²) >= 11 is 0. The number of hydrogen-bond donors (Lipinski definition) is 2. The van der Waals surface area contributed by atoms with Gasteiger partial charge >= 0.3 is 0 Å². The fraction of sp³-hybridized carbons (Fsp3) is 0.300. The normalized spacial score (nSPS) is 21.5. The molecule has 0 unspecified atom stereocenters. The monoisotopic (exact) mass is 350 g/mol. The van der Waals surface area contributed by atoms with Crippen LogP contribution in [0.3, 0.4) is 0 Å². The van der Waals surface area contributed by atoms with Crippen molar-refractivity contribution in [1.29, 1.82) is 0 Å². The molecule has 0 aliphatic carbocycles. The van der Waals surface area contributed by atoms with Crippen LogP contribution in [-0.2, 0) is 11.3 Å². The highest BCUT2D eigenvalue weighted by Gasteiger charge is 2.38. The van der Waals surface area contributed by atoms with Crippen LogP contribution in [-0.4, -0.2) is 53.9 Å². The number of carbonyl (C=O) groups excluding carboxylic acids is 1. The number of hydrogen-bond acceptors (Lipinski definition) is 5. The smallest absolute Gasteiger partial charge is 0.248 e. The summed E-state index contributed by atoms with van der Waals surface area (Å²) in [4.78, 5) is 20.8. The molecular weight excluding hydrogens is 328 g/mol. The van der Waals surface area contributed by atoms with E-state index in [-0.39, 0.29) is 18.4 Å². The molecule has 0 bridgehead atoms. The molecule has 1 atom stereocenters. The molecule has 2 N–H and O–H groups in total. The first kappa shape index (κ1) is 16.8. The second-order valence-corrected chi connectivity index (χ2v) is 7.05. The second kappa shape index (κ2) is 6.55. The van der Waals surface area contributed by atoms with E-state index >= 15 is 0 Å². The first-order valence-electron chi connectivity index (χ1n) is 8.71. The van der Waals surface area contributed by atoms with Gasteiger partial charge in [-0.3, -0.25) is 4.79 Å². The van der Waals surface area contributed by atoms with Crippen LogP contribution >= 0.6 is 0 Å². The predicted octanol–water partition coefficient (Wildman–Crippen LogP) is 1.21. The number of nitrogens with one attached hydrogen (secondary N) is 1. The lowest BCUT2D eigenvalue weighted by atomic mass is 10.1. The highest BCUT2D eigenvalue weighted by atomic mass is 16.3. The van der Waals surface area contributed by atoms with Crippen LogP contribution in [0.2, 0.25) is 0 Å². The van der Waals surface area contributed by atoms with E-state index in [0.29, 0.717) is 6.54 Å². The Morgan fingerprint density at radius 2 is 2.04 bits per heavy atom. The van der Waals surface area contributed by atoms with Crippen LogP contribution in [0.15, 0.2) is 64.6 Å². The fourth-order valence-corrected chi connectivity index (χ4v) is 3.63. The zero-order chi connectivity index (χ0) is 18.3. The third-order valence-corrected chi connectivity index (χ3v) is 4.79. The summed E-state index contributed by atoms with van der Waals surface area (Å²) in [5, 5.41) is 12.7. The van der Waals surface area contributed by atoms with Gasteiger partial charge in [-0.2, -0.15) is 0 Å². The van der Waals surface area contributed by atoms with Crippen molar-refractivity contribution in [3.63, 3.8) is 0 Å². The SMILES string of the molecule is CN(C)Cc1ccc(C2=NC=C3C=CC(=O)NC4=C3N2C[C@H]4CO)cc1. The lowest BCUT2D eigenvalue weighted by Crippen LogP contribution is -2.33. The Morgan fingerprint density at radius 3 is 2.73 bits per heavy atom. The molecule has 1 amide bonds. The molecule has 0 saturated heterocycles. The van der Waals surface area contributed by atoms with Crippen molar-refractivity contribution in [2.24, 2.45) is 10.9 Å². The van der Waals surface area contributed by atoms with Gasteiger partial charge in [0.05, 0.1) is 12.3 Å². The van der Waals surface area contributed by atoms with E-state index < -0.39 is 0 Å². The number of carbonyl (C=O) groups is 1. The summed E-state index contributed by atoms with van der Waals surface area (Å²) in [6.07, 6.45) is 5.09. The molecule has 3 heterocycles. The Hall–Kier alpha value is -2.70. The molecule has 3 aliphatic rings. The van der Waals surface area contributed by atoms with Gasteiger partial charge in [-0.05, 0) is 25.7 Å². The molecule has 0 fully saturated rings. The van der Waals surface area contributed by atoms with Gasteiger partial charge in [0, 0.05) is 48.1 Å². The number of amidine groups is 1. The van der Waals surface area contributed by atoms with E-state index in [0.717, 1.165) is 34.9 Å². The van der Waals surface area contributed by atoms with Gasteiger partial charge in [0.15, 0.2) is 0 Å². The molecule has 6 heteroatoms. The highest BCUT2D eigenvalue weighted by Crippen LogP contribution is 2.37. The molecule has 6 nitrogen and oxygen atoms in total. The minimum atomic E-state index is -0.169. The summed E-state index contributed by atoms with van der Waals surface area (Å²) in [6, 6.07) is 8.38. The maximum atomic E-state index is 12.0. The van der Waals surface area contributed by atoms with E-state index in [4.69, 9.17) is 0 Å². The average molecular weight is 350 g/mol. The van der Waals surface area contributed by atoms with Gasteiger partial charge in [0.25, 0.3) is 0 Å². The highest BCUT2D eigenvalue weighted by molar-refractivity contribution is 6.03. The molecular formula is C20H22N4O2. The lowest BCUT2D eigenvalue weighted by Gasteiger charge is -2.28. The zero-order valence-corrected chi connectivity index (χ0v) is 14.9. The van der Waals surface area contributed by atoms with E-state index in [1.165, 1.54) is 11.6 Å². The number of aliphatic hydroxyl groups excluding tert-OH is 1. The number of aliphatic hydroxyl groups is 1. The molecule has 0 aromatic heterocycles. The van der Waals surface area contributed by atoms with E-state index in [1.54, 1.807) is 12.3 Å². The Morgan fingerprint density at radius 1 is 1.27 bits per heavy atom. The van der Waals surface area contributed by atoms with E-state index in [9.17, 15) is 9.90 Å². The van der Waals surface area contributed by atoms with Crippen LogP contribution < -0.4 is 5.32 Å². The van der Waals surface area contributed by atoms with Crippen LogP contribution in [0.5, 0.6) is 0 Å². The first-order chi connectivity index (χ1) is 12.6. The van der Waals surface area contributed by atoms with Gasteiger partial charge in [-0.1, -0.05) is 24.3 Å². The minimum Gasteiger partial charge on any atom is -0.396 e. The van der Waals surface area contributed by atoms with Crippen LogP contribution in [0.25, 0.3) is 0 Å². The van der Waals surface area contributed by atoms with Crippen LogP contribution in [0, 0.1) is 5.92 Å². The van der Waals surface area contributed by atoms with Gasteiger partial charge in [0.1, 0.15) is 5.84 Å². The maximum Gasteiger partial charge on any atom is 0.248 e. The molecule has 1 aromatic carbocycles. The number of amides is 1. The van der Waals surface area contributed by atoms with Crippen LogP contribution in [0.1, 0.15) is 11.1 Å². The number of aliphatic imine (C=N–C) groups is 1. The third-order valence-electron chi connectivity index (χ3n) is 4.79. The second-order valence-electron chi connectivity index (χ2n) is 7.05. The zero-order valence-electron chi connectivity index (χ0n) is 14.9. The topological polar surface area (TPSA) is 68.2 Å². The third kappa shape index (κ3) is 2.87. The molecule has 3 aliphatic heterocycles. The predicted molar refractivity (Wildman–Crippen MR) is 100 cm³/mol. The quantitative estimate of drug-likeness (QED) is 0.857. The van der Waals surface area contributed by atoms with E-state index in [2.05, 4.69) is 44.4 Å². The van der Waals surface area contributed by atoms with E-state index in [1.807, 2.05) is 14.1 Å². The summed E-state index contributed by atoms with van der Waals surface area (Å²) in [6.45, 7) is 1.47. The first-order valence-corrected chi connectivity index (χ1v) is 8.71. The number of nitrogens with zero attached hydrogens (tertiary/aromatic N) is 3. The van der Waals surface area contributed by atoms with Gasteiger partial charge < -0.3 is 20.2 Å². The van der Waals surface area contributed by atoms with Crippen molar-refractivity contribution in [2.45, 2.75) is 6.54 Å². The van der Waals surface area contributed by atoms with Crippen molar-refractivity contribution >= 4 is 11.7 Å². The Balaban J connectivity index is 1.72. The van der Waals surface area contributed by atoms with Gasteiger partial charge in [-0.15, -0.1) is 0 Å². The van der Waals surface area contributed by atoms with Crippen molar-refractivity contribution in [3.8, 4) is 0 Å². The number of allylic oxidation sites excluding steroid dienone is 1. The molecule has 1 aromatic rings. The van der Waals surface area contributed by atoms with Crippen molar-refractivity contribution in [1.82, 2.24) is 15.1 Å². The van der Waals surface area contributed by atoms with Gasteiger partial charge in [0.2, 0.25) is 5.91 Å². The Bertz CT molecular complexity index is 862. The molecule has 26 heavy (non-hydrogen) atoms. The molecule has 0 radical (unpaired) electrons. The Labute approximate surface area is 152 Å². The molecule has 0 spiro atoms. The molecule has 4 rings (SSSR count). The summed E-state index contributed by atoms with van der Waals surface area (Å²) in [7, 11) is 4.10. The van der Waals surface area contributed by atoms with Crippen molar-refractivity contribution < 1.29 is 9.90 Å². The summed E-state index contributed by atoms with van der Waals surface area (Å²) < 4.78 is 0. The number of rotatable bonds is 4. The average Bonchev–Trinajstić information content (AvgIpc) is 2.89. The van der Waals surface area contributed by atoms with Gasteiger partial charge in [-0.25, -0.2) is 4.99 Å². The standard InChI is InChI=1S/C20H22N4O2/c1-23(2)10-13-3-5-14(6-4-13)20-21-9-15-7-8-17(26)22-18-16(12-25)11-24(20)19(15)18/h3-9,16,25H,10-12H2,1-2H3,(H,22,26)/t16-/m0/s1. The maximum absolute atomic E-state index is 12.0. The largest absolute Gasteiger partial charge is 0.396 e. The number of benzene rings is 1. The Kier molecular flexibility index (Phi) is 4.22.